The molecule has 1 nitrogen and oxygen atoms in total. The first-order valence-corrected chi connectivity index (χ1v) is 4.49. The van der Waals surface area contributed by atoms with Gasteiger partial charge in [0.15, 0.2) is 0 Å². The van der Waals surface area contributed by atoms with Crippen molar-refractivity contribution in [2.75, 3.05) is 0 Å². The molecule has 0 aliphatic heterocycles. The predicted molar refractivity (Wildman–Crippen MR) is 50.2 cm³/mol. The van der Waals surface area contributed by atoms with Crippen LogP contribution in [0, 0.1) is 0 Å². The van der Waals surface area contributed by atoms with Crippen LogP contribution in [-0.4, -0.2) is 5.11 Å². The molecular weight excluding hydrogens is 227 g/mol. The zero-order valence-corrected chi connectivity index (χ0v) is 8.41. The second-order valence-corrected chi connectivity index (χ2v) is 3.51. The molecule has 1 aromatic rings. The largest absolute Gasteiger partial charge is 0.508 e. The van der Waals surface area contributed by atoms with Crippen LogP contribution in [-0.2, 0) is 6.42 Å². The number of phenolic OH excluding ortho intramolecular Hbond substituents is 1. The van der Waals surface area contributed by atoms with E-state index < -0.39 is 0 Å². The Hall–Kier alpha value is -0.210. The summed E-state index contributed by atoms with van der Waals surface area (Å²) in [6.45, 7) is 1.97. The maximum absolute atomic E-state index is 9.33. The van der Waals surface area contributed by atoms with Crippen LogP contribution in [0.5, 0.6) is 5.75 Å². The zero-order chi connectivity index (χ0) is 8.43. The minimum atomic E-state index is 0.295. The quantitative estimate of drug-likeness (QED) is 0.791. The molecule has 3 heteroatoms. The lowest BCUT2D eigenvalue weighted by molar-refractivity contribution is 0.468. The van der Waals surface area contributed by atoms with E-state index in [-0.39, 0.29) is 0 Å². The minimum Gasteiger partial charge on any atom is -0.508 e. The van der Waals surface area contributed by atoms with Gasteiger partial charge in [-0.15, -0.1) is 0 Å². The van der Waals surface area contributed by atoms with E-state index in [1.807, 2.05) is 6.92 Å². The molecule has 0 aliphatic rings. The molecule has 0 unspecified atom stereocenters. The SMILES string of the molecule is CCc1cc(Cl)c(Br)cc1O. The molecule has 1 rings (SSSR count). The predicted octanol–water partition coefficient (Wildman–Crippen LogP) is 3.37. The molecule has 1 aromatic carbocycles. The van der Waals surface area contributed by atoms with Gasteiger partial charge < -0.3 is 5.11 Å². The monoisotopic (exact) mass is 234 g/mol. The second kappa shape index (κ2) is 3.46. The van der Waals surface area contributed by atoms with Gasteiger partial charge >= 0.3 is 0 Å². The highest BCUT2D eigenvalue weighted by atomic mass is 79.9. The third-order valence-corrected chi connectivity index (χ3v) is 2.70. The van der Waals surface area contributed by atoms with Gasteiger partial charge in [0.1, 0.15) is 5.75 Å². The summed E-state index contributed by atoms with van der Waals surface area (Å²) < 4.78 is 0.730. The summed E-state index contributed by atoms with van der Waals surface area (Å²) >= 11 is 9.02. The number of hydrogen-bond acceptors (Lipinski definition) is 1. The van der Waals surface area contributed by atoms with Crippen molar-refractivity contribution >= 4 is 27.5 Å². The fourth-order valence-corrected chi connectivity index (χ4v) is 1.38. The van der Waals surface area contributed by atoms with Gasteiger partial charge in [0.25, 0.3) is 0 Å². The van der Waals surface area contributed by atoms with E-state index in [2.05, 4.69) is 15.9 Å². The third kappa shape index (κ3) is 1.88. The highest BCUT2D eigenvalue weighted by Crippen LogP contribution is 2.30. The van der Waals surface area contributed by atoms with Gasteiger partial charge in [0.2, 0.25) is 0 Å². The van der Waals surface area contributed by atoms with Gasteiger partial charge in [0.05, 0.1) is 5.02 Å². The van der Waals surface area contributed by atoms with Gasteiger partial charge in [-0.05, 0) is 40.0 Å². The Labute approximate surface area is 79.1 Å². The van der Waals surface area contributed by atoms with E-state index in [0.29, 0.717) is 10.8 Å². The average molecular weight is 236 g/mol. The Morgan fingerprint density at radius 2 is 2.18 bits per heavy atom. The number of aromatic hydroxyl groups is 1. The van der Waals surface area contributed by atoms with E-state index in [4.69, 9.17) is 11.6 Å². The van der Waals surface area contributed by atoms with Crippen molar-refractivity contribution < 1.29 is 5.11 Å². The van der Waals surface area contributed by atoms with E-state index in [1.165, 1.54) is 0 Å². The summed E-state index contributed by atoms with van der Waals surface area (Å²) in [6.07, 6.45) is 0.791. The van der Waals surface area contributed by atoms with Gasteiger partial charge in [0, 0.05) is 4.47 Å². The zero-order valence-electron chi connectivity index (χ0n) is 6.06. The molecule has 0 bridgehead atoms. The Balaban J connectivity index is 3.21. The molecule has 0 aliphatic carbocycles. The fraction of sp³-hybridized carbons (Fsp3) is 0.250. The minimum absolute atomic E-state index is 0.295. The summed E-state index contributed by atoms with van der Waals surface area (Å²) in [4.78, 5) is 0. The fourth-order valence-electron chi connectivity index (χ4n) is 0.861. The topological polar surface area (TPSA) is 20.2 Å². The standard InChI is InChI=1S/C8H8BrClO/c1-2-5-3-7(10)6(9)4-8(5)11/h3-4,11H,2H2,1H3. The first kappa shape index (κ1) is 8.88. The number of benzene rings is 1. The average Bonchev–Trinajstić information content (AvgIpc) is 1.97. The summed E-state index contributed by atoms with van der Waals surface area (Å²) in [5.41, 5.74) is 0.873. The summed E-state index contributed by atoms with van der Waals surface area (Å²) in [5.74, 6) is 0.295. The van der Waals surface area contributed by atoms with Gasteiger partial charge in [-0.2, -0.15) is 0 Å². The van der Waals surface area contributed by atoms with Crippen LogP contribution >= 0.6 is 27.5 Å². The van der Waals surface area contributed by atoms with Crippen molar-refractivity contribution in [1.82, 2.24) is 0 Å². The van der Waals surface area contributed by atoms with Crippen LogP contribution in [0.15, 0.2) is 16.6 Å². The second-order valence-electron chi connectivity index (χ2n) is 2.25. The lowest BCUT2D eigenvalue weighted by Crippen LogP contribution is -1.81. The first-order chi connectivity index (χ1) is 5.15. The highest BCUT2D eigenvalue weighted by molar-refractivity contribution is 9.10. The normalized spacial score (nSPS) is 10.1. The maximum atomic E-state index is 9.33. The smallest absolute Gasteiger partial charge is 0.119 e. The Morgan fingerprint density at radius 3 is 2.73 bits per heavy atom. The lowest BCUT2D eigenvalue weighted by Gasteiger charge is -2.02. The first-order valence-electron chi connectivity index (χ1n) is 3.32. The summed E-state index contributed by atoms with van der Waals surface area (Å²) in [7, 11) is 0. The summed E-state index contributed by atoms with van der Waals surface area (Å²) in [5, 5.41) is 9.97. The van der Waals surface area contributed by atoms with Crippen LogP contribution in [0.4, 0.5) is 0 Å². The van der Waals surface area contributed by atoms with E-state index in [1.54, 1.807) is 12.1 Å². The van der Waals surface area contributed by atoms with Gasteiger partial charge in [-0.3, -0.25) is 0 Å². The maximum Gasteiger partial charge on any atom is 0.119 e. The molecule has 0 radical (unpaired) electrons. The van der Waals surface area contributed by atoms with Crippen LogP contribution < -0.4 is 0 Å². The molecule has 0 aromatic heterocycles. The molecule has 0 spiro atoms. The van der Waals surface area contributed by atoms with E-state index in [0.717, 1.165) is 16.5 Å². The van der Waals surface area contributed by atoms with Crippen molar-refractivity contribution in [1.29, 1.82) is 0 Å². The molecule has 11 heavy (non-hydrogen) atoms. The van der Waals surface area contributed by atoms with Gasteiger partial charge in [-0.25, -0.2) is 0 Å². The van der Waals surface area contributed by atoms with Crippen LogP contribution in [0.3, 0.4) is 0 Å². The van der Waals surface area contributed by atoms with Crippen LogP contribution in [0.1, 0.15) is 12.5 Å². The van der Waals surface area contributed by atoms with Crippen molar-refractivity contribution in [3.05, 3.63) is 27.2 Å². The third-order valence-electron chi connectivity index (χ3n) is 1.50. The molecular formula is C8H8BrClO. The van der Waals surface area contributed by atoms with Crippen LogP contribution in [0.2, 0.25) is 5.02 Å². The van der Waals surface area contributed by atoms with Gasteiger partial charge in [-0.1, -0.05) is 18.5 Å². The molecule has 0 saturated heterocycles. The van der Waals surface area contributed by atoms with Crippen LogP contribution in [0.25, 0.3) is 0 Å². The number of hydrogen-bond donors (Lipinski definition) is 1. The van der Waals surface area contributed by atoms with Crippen molar-refractivity contribution in [2.24, 2.45) is 0 Å². The molecule has 0 heterocycles. The highest BCUT2D eigenvalue weighted by Gasteiger charge is 2.03. The van der Waals surface area contributed by atoms with Crippen molar-refractivity contribution in [3.8, 4) is 5.75 Å². The number of aryl methyl sites for hydroxylation is 1. The Bertz CT molecular complexity index is 273. The van der Waals surface area contributed by atoms with Crippen molar-refractivity contribution in [2.45, 2.75) is 13.3 Å². The Morgan fingerprint density at radius 1 is 1.55 bits per heavy atom. The number of halogens is 2. The molecule has 60 valence electrons. The molecule has 0 atom stereocenters. The molecule has 0 fully saturated rings. The molecule has 0 saturated carbocycles. The number of rotatable bonds is 1. The summed E-state index contributed by atoms with van der Waals surface area (Å²) in [6, 6.07) is 3.38. The molecule has 0 amide bonds. The molecule has 1 N–H and O–H groups in total. The number of phenols is 1. The van der Waals surface area contributed by atoms with E-state index >= 15 is 0 Å². The van der Waals surface area contributed by atoms with Crippen molar-refractivity contribution in [3.63, 3.8) is 0 Å². The lowest BCUT2D eigenvalue weighted by atomic mass is 10.1. The Kier molecular flexibility index (Phi) is 2.79. The van der Waals surface area contributed by atoms with E-state index in [9.17, 15) is 5.11 Å².